The molecule has 1 aromatic rings. The van der Waals surface area contributed by atoms with Crippen LogP contribution in [0.1, 0.15) is 19.4 Å². The predicted octanol–water partition coefficient (Wildman–Crippen LogP) is -0.254. The van der Waals surface area contributed by atoms with Crippen LogP contribution in [0.3, 0.4) is 0 Å². The van der Waals surface area contributed by atoms with E-state index in [9.17, 15) is 9.59 Å². The minimum Gasteiger partial charge on any atom is -0.349 e. The van der Waals surface area contributed by atoms with Gasteiger partial charge in [0, 0.05) is 19.6 Å². The van der Waals surface area contributed by atoms with Gasteiger partial charge in [0.05, 0.1) is 7.05 Å². The van der Waals surface area contributed by atoms with E-state index in [1.165, 1.54) is 0 Å². The van der Waals surface area contributed by atoms with Crippen LogP contribution in [0.4, 0.5) is 0 Å². The lowest BCUT2D eigenvalue weighted by atomic mass is 10.3. The molecule has 1 unspecified atom stereocenters. The van der Waals surface area contributed by atoms with E-state index < -0.39 is 0 Å². The number of hydrogen-bond donors (Lipinski definition) is 2. The molecule has 1 rings (SSSR count). The highest BCUT2D eigenvalue weighted by molar-refractivity contribution is 7.07. The second-order valence-corrected chi connectivity index (χ2v) is 6.19. The Morgan fingerprint density at radius 1 is 1.40 bits per heavy atom. The maximum atomic E-state index is 12.1. The van der Waals surface area contributed by atoms with Crippen LogP contribution in [-0.4, -0.2) is 49.9 Å². The summed E-state index contributed by atoms with van der Waals surface area (Å²) in [6.45, 7) is 5.11. The number of likely N-dealkylation sites (N-methyl/N-ethyl adjacent to an activating group) is 2. The predicted molar refractivity (Wildman–Crippen MR) is 80.7 cm³/mol. The number of nitrogens with one attached hydrogen (secondary N) is 2. The monoisotopic (exact) mass is 298 g/mol. The number of rotatable bonds is 7. The molecule has 0 aliphatic rings. The Morgan fingerprint density at radius 3 is 2.65 bits per heavy atom. The van der Waals surface area contributed by atoms with Crippen molar-refractivity contribution < 1.29 is 14.5 Å². The van der Waals surface area contributed by atoms with Crippen molar-refractivity contribution in [1.29, 1.82) is 0 Å². The zero-order valence-electron chi connectivity index (χ0n) is 12.6. The van der Waals surface area contributed by atoms with Gasteiger partial charge in [-0.15, -0.1) is 0 Å². The molecular formula is C14H24N3O2S+. The van der Waals surface area contributed by atoms with Gasteiger partial charge in [0.2, 0.25) is 0 Å². The Kier molecular flexibility index (Phi) is 6.67. The van der Waals surface area contributed by atoms with Gasteiger partial charge >= 0.3 is 0 Å². The molecule has 0 aliphatic heterocycles. The largest absolute Gasteiger partial charge is 0.349 e. The second kappa shape index (κ2) is 8.01. The number of carbonyl (C=O) groups is 2. The first-order chi connectivity index (χ1) is 9.38. The average Bonchev–Trinajstić information content (AvgIpc) is 2.79. The summed E-state index contributed by atoms with van der Waals surface area (Å²) in [5.41, 5.74) is 1.14. The topological polar surface area (TPSA) is 53.9 Å². The van der Waals surface area contributed by atoms with Crippen LogP contribution in [0.2, 0.25) is 0 Å². The van der Waals surface area contributed by atoms with Crippen molar-refractivity contribution in [3.05, 3.63) is 22.4 Å². The maximum Gasteiger partial charge on any atom is 0.277 e. The van der Waals surface area contributed by atoms with E-state index in [1.54, 1.807) is 23.3 Å². The fourth-order valence-corrected chi connectivity index (χ4v) is 2.51. The standard InChI is InChI=1S/C14H23N3O2S/c1-11(2)15-13(18)8-16(3)9-14(19)17(4)7-12-5-6-20-10-12/h5-6,10-11H,7-9H2,1-4H3,(H,15,18)/p+1. The molecule has 2 N–H and O–H groups in total. The summed E-state index contributed by atoms with van der Waals surface area (Å²) in [4.78, 5) is 26.3. The fraction of sp³-hybridized carbons (Fsp3) is 0.571. The number of thiophene rings is 1. The third-order valence-corrected chi connectivity index (χ3v) is 3.52. The van der Waals surface area contributed by atoms with Gasteiger partial charge in [-0.2, -0.15) is 11.3 Å². The van der Waals surface area contributed by atoms with Gasteiger partial charge in [-0.1, -0.05) is 0 Å². The molecule has 5 nitrogen and oxygen atoms in total. The van der Waals surface area contributed by atoms with E-state index in [0.717, 1.165) is 10.5 Å². The smallest absolute Gasteiger partial charge is 0.277 e. The highest BCUT2D eigenvalue weighted by Gasteiger charge is 2.17. The summed E-state index contributed by atoms with van der Waals surface area (Å²) in [6, 6.07) is 2.15. The van der Waals surface area contributed by atoms with Gasteiger partial charge in [0.25, 0.3) is 11.8 Å². The summed E-state index contributed by atoms with van der Waals surface area (Å²) >= 11 is 1.63. The van der Waals surface area contributed by atoms with Gasteiger partial charge in [-0.05, 0) is 36.2 Å². The molecule has 0 saturated carbocycles. The Bertz CT molecular complexity index is 432. The first-order valence-corrected chi connectivity index (χ1v) is 7.68. The minimum absolute atomic E-state index is 0.0224. The van der Waals surface area contributed by atoms with E-state index >= 15 is 0 Å². The van der Waals surface area contributed by atoms with Crippen molar-refractivity contribution in [3.8, 4) is 0 Å². The van der Waals surface area contributed by atoms with Crippen LogP contribution in [0.15, 0.2) is 16.8 Å². The first kappa shape index (κ1) is 16.7. The van der Waals surface area contributed by atoms with Crippen molar-refractivity contribution in [2.45, 2.75) is 26.4 Å². The van der Waals surface area contributed by atoms with Gasteiger partial charge in [0.1, 0.15) is 0 Å². The van der Waals surface area contributed by atoms with Gasteiger partial charge in [-0.3, -0.25) is 9.59 Å². The van der Waals surface area contributed by atoms with Gasteiger partial charge in [0.15, 0.2) is 13.1 Å². The molecule has 1 aromatic heterocycles. The molecule has 0 bridgehead atoms. The molecule has 0 saturated heterocycles. The van der Waals surface area contributed by atoms with E-state index in [0.29, 0.717) is 19.6 Å². The summed E-state index contributed by atoms with van der Waals surface area (Å²) in [7, 11) is 3.65. The highest BCUT2D eigenvalue weighted by Crippen LogP contribution is 2.07. The quantitative estimate of drug-likeness (QED) is 0.729. The van der Waals surface area contributed by atoms with Crippen LogP contribution >= 0.6 is 11.3 Å². The average molecular weight is 298 g/mol. The molecule has 20 heavy (non-hydrogen) atoms. The van der Waals surface area contributed by atoms with E-state index in [-0.39, 0.29) is 17.9 Å². The lowest BCUT2D eigenvalue weighted by molar-refractivity contribution is -0.863. The normalized spacial score (nSPS) is 12.2. The minimum atomic E-state index is -0.0224. The molecule has 1 atom stereocenters. The molecular weight excluding hydrogens is 274 g/mol. The van der Waals surface area contributed by atoms with Crippen molar-refractivity contribution >= 4 is 23.2 Å². The lowest BCUT2D eigenvalue weighted by Gasteiger charge is -2.19. The number of carbonyl (C=O) groups excluding carboxylic acids is 2. The van der Waals surface area contributed by atoms with Crippen LogP contribution in [0.25, 0.3) is 0 Å². The molecule has 2 amide bonds. The Labute approximate surface area is 124 Å². The SMILES string of the molecule is CC(C)NC(=O)C[NH+](C)CC(=O)N(C)Cc1ccsc1. The summed E-state index contributed by atoms with van der Waals surface area (Å²) in [5, 5.41) is 6.87. The third kappa shape index (κ3) is 6.16. The lowest BCUT2D eigenvalue weighted by Crippen LogP contribution is -3.11. The van der Waals surface area contributed by atoms with E-state index in [1.807, 2.05) is 37.7 Å². The molecule has 0 fully saturated rings. The zero-order chi connectivity index (χ0) is 15.1. The van der Waals surface area contributed by atoms with Crippen molar-refractivity contribution in [3.63, 3.8) is 0 Å². The Balaban J connectivity index is 2.35. The van der Waals surface area contributed by atoms with Gasteiger partial charge < -0.3 is 15.1 Å². The molecule has 0 spiro atoms. The molecule has 6 heteroatoms. The Morgan fingerprint density at radius 2 is 2.10 bits per heavy atom. The first-order valence-electron chi connectivity index (χ1n) is 6.74. The molecule has 0 aliphatic carbocycles. The molecule has 1 heterocycles. The number of quaternary nitrogens is 1. The van der Waals surface area contributed by atoms with Crippen molar-refractivity contribution in [2.75, 3.05) is 27.2 Å². The van der Waals surface area contributed by atoms with Crippen molar-refractivity contribution in [1.82, 2.24) is 10.2 Å². The summed E-state index contributed by atoms with van der Waals surface area (Å²) in [6.07, 6.45) is 0. The molecule has 112 valence electrons. The zero-order valence-corrected chi connectivity index (χ0v) is 13.4. The van der Waals surface area contributed by atoms with E-state index in [2.05, 4.69) is 5.32 Å². The van der Waals surface area contributed by atoms with Crippen molar-refractivity contribution in [2.24, 2.45) is 0 Å². The third-order valence-electron chi connectivity index (χ3n) is 2.79. The second-order valence-electron chi connectivity index (χ2n) is 5.41. The highest BCUT2D eigenvalue weighted by atomic mass is 32.1. The molecule has 0 aromatic carbocycles. The van der Waals surface area contributed by atoms with Crippen LogP contribution in [-0.2, 0) is 16.1 Å². The van der Waals surface area contributed by atoms with Crippen LogP contribution in [0, 0.1) is 0 Å². The molecule has 0 radical (unpaired) electrons. The van der Waals surface area contributed by atoms with Gasteiger partial charge in [-0.25, -0.2) is 0 Å². The summed E-state index contributed by atoms with van der Waals surface area (Å²) in [5.74, 6) is 0.0248. The number of amides is 2. The number of hydrogen-bond acceptors (Lipinski definition) is 3. The summed E-state index contributed by atoms with van der Waals surface area (Å²) < 4.78 is 0. The van der Waals surface area contributed by atoms with Crippen LogP contribution in [0.5, 0.6) is 0 Å². The van der Waals surface area contributed by atoms with Crippen LogP contribution < -0.4 is 10.2 Å². The Hall–Kier alpha value is -1.40. The number of nitrogens with zero attached hydrogens (tertiary/aromatic N) is 1. The van der Waals surface area contributed by atoms with E-state index in [4.69, 9.17) is 0 Å². The maximum absolute atomic E-state index is 12.1. The fourth-order valence-electron chi connectivity index (χ4n) is 1.85.